The van der Waals surface area contributed by atoms with Gasteiger partial charge in [-0.05, 0) is 18.9 Å². The first-order chi connectivity index (χ1) is 5.72. The fraction of sp³-hybridized carbons (Fsp3) is 0.333. The third kappa shape index (κ3) is 0.763. The van der Waals surface area contributed by atoms with Gasteiger partial charge in [0.2, 0.25) is 5.78 Å². The van der Waals surface area contributed by atoms with Crippen LogP contribution in [0.4, 0.5) is 0 Å². The van der Waals surface area contributed by atoms with Gasteiger partial charge >= 0.3 is 0 Å². The molecule has 1 aliphatic carbocycles. The van der Waals surface area contributed by atoms with Gasteiger partial charge in [0, 0.05) is 12.6 Å². The van der Waals surface area contributed by atoms with Crippen molar-refractivity contribution in [3.8, 4) is 0 Å². The van der Waals surface area contributed by atoms with Crippen molar-refractivity contribution >= 4 is 11.7 Å². The molecule has 0 aromatic carbocycles. The number of ketones is 1. The van der Waals surface area contributed by atoms with Gasteiger partial charge in [-0.2, -0.15) is 0 Å². The molecule has 0 saturated heterocycles. The maximum atomic E-state index is 11.3. The molecule has 2 rings (SSSR count). The SMILES string of the molecule is CN1C(=O)C(=O)C2=C1C=CCC2. The normalized spacial score (nSPS) is 22.2. The molecule has 62 valence electrons. The van der Waals surface area contributed by atoms with Crippen LogP contribution in [0.25, 0.3) is 0 Å². The first-order valence-corrected chi connectivity index (χ1v) is 3.94. The van der Waals surface area contributed by atoms with E-state index in [2.05, 4.69) is 0 Å². The van der Waals surface area contributed by atoms with Gasteiger partial charge in [-0.15, -0.1) is 0 Å². The molecule has 0 unspecified atom stereocenters. The van der Waals surface area contributed by atoms with Crippen LogP contribution in [0, 0.1) is 0 Å². The number of Topliss-reactive ketones (excluding diaryl/α,β-unsaturated/α-hetero) is 1. The molecule has 2 aliphatic rings. The summed E-state index contributed by atoms with van der Waals surface area (Å²) in [5.41, 5.74) is 1.47. The molecule has 1 amide bonds. The van der Waals surface area contributed by atoms with E-state index in [1.807, 2.05) is 12.2 Å². The van der Waals surface area contributed by atoms with E-state index in [0.717, 1.165) is 12.1 Å². The highest BCUT2D eigenvalue weighted by Gasteiger charge is 2.34. The summed E-state index contributed by atoms with van der Waals surface area (Å²) >= 11 is 0. The van der Waals surface area contributed by atoms with Gasteiger partial charge in [0.15, 0.2) is 0 Å². The van der Waals surface area contributed by atoms with Gasteiger partial charge in [0.25, 0.3) is 5.91 Å². The van der Waals surface area contributed by atoms with Crippen LogP contribution in [0.2, 0.25) is 0 Å². The zero-order chi connectivity index (χ0) is 8.72. The molecule has 3 nitrogen and oxygen atoms in total. The lowest BCUT2D eigenvalue weighted by Crippen LogP contribution is -2.23. The highest BCUT2D eigenvalue weighted by molar-refractivity contribution is 6.45. The molecule has 0 aromatic heterocycles. The first-order valence-electron chi connectivity index (χ1n) is 3.94. The first kappa shape index (κ1) is 7.28. The monoisotopic (exact) mass is 163 g/mol. The fourth-order valence-corrected chi connectivity index (χ4v) is 1.59. The van der Waals surface area contributed by atoms with Crippen LogP contribution in [0.3, 0.4) is 0 Å². The Labute approximate surface area is 70.4 Å². The summed E-state index contributed by atoms with van der Waals surface area (Å²) in [6, 6.07) is 0. The van der Waals surface area contributed by atoms with Gasteiger partial charge in [-0.1, -0.05) is 6.08 Å². The molecule has 0 saturated carbocycles. The van der Waals surface area contributed by atoms with Crippen LogP contribution in [-0.2, 0) is 9.59 Å². The number of likely N-dealkylation sites (N-methyl/N-ethyl adjacent to an activating group) is 1. The summed E-state index contributed by atoms with van der Waals surface area (Å²) in [5, 5.41) is 0. The summed E-state index contributed by atoms with van der Waals surface area (Å²) in [5.74, 6) is -0.719. The van der Waals surface area contributed by atoms with E-state index in [1.54, 1.807) is 7.05 Å². The fourth-order valence-electron chi connectivity index (χ4n) is 1.59. The Morgan fingerprint density at radius 2 is 2.17 bits per heavy atom. The molecule has 3 heteroatoms. The predicted molar refractivity (Wildman–Crippen MR) is 43.2 cm³/mol. The molecule has 12 heavy (non-hydrogen) atoms. The third-order valence-electron chi connectivity index (χ3n) is 2.28. The van der Waals surface area contributed by atoms with E-state index >= 15 is 0 Å². The molecule has 0 aromatic rings. The second-order valence-corrected chi connectivity index (χ2v) is 3.00. The van der Waals surface area contributed by atoms with Crippen molar-refractivity contribution in [1.82, 2.24) is 4.90 Å². The van der Waals surface area contributed by atoms with Crippen LogP contribution in [0.15, 0.2) is 23.4 Å². The van der Waals surface area contributed by atoms with Crippen molar-refractivity contribution in [3.05, 3.63) is 23.4 Å². The van der Waals surface area contributed by atoms with E-state index in [0.29, 0.717) is 12.0 Å². The maximum absolute atomic E-state index is 11.3. The summed E-state index contributed by atoms with van der Waals surface area (Å²) in [6.07, 6.45) is 5.41. The average Bonchev–Trinajstić information content (AvgIpc) is 2.33. The number of hydrogen-bond donors (Lipinski definition) is 0. The Balaban J connectivity index is 2.49. The predicted octanol–water partition coefficient (Wildman–Crippen LogP) is 0.632. The zero-order valence-corrected chi connectivity index (χ0v) is 6.83. The van der Waals surface area contributed by atoms with Gasteiger partial charge in [-0.3, -0.25) is 9.59 Å². The van der Waals surface area contributed by atoms with Crippen LogP contribution in [0.5, 0.6) is 0 Å². The number of carbonyl (C=O) groups is 2. The summed E-state index contributed by atoms with van der Waals surface area (Å²) in [4.78, 5) is 23.9. The molecule has 0 spiro atoms. The lowest BCUT2D eigenvalue weighted by atomic mass is 10.0. The lowest BCUT2D eigenvalue weighted by molar-refractivity contribution is -0.138. The Morgan fingerprint density at radius 3 is 2.83 bits per heavy atom. The Bertz CT molecular complexity index is 325. The summed E-state index contributed by atoms with van der Waals surface area (Å²) in [6.45, 7) is 0. The maximum Gasteiger partial charge on any atom is 0.298 e. The van der Waals surface area contributed by atoms with Crippen LogP contribution in [-0.4, -0.2) is 23.6 Å². The molecule has 1 heterocycles. The lowest BCUT2D eigenvalue weighted by Gasteiger charge is -2.11. The quantitative estimate of drug-likeness (QED) is 0.491. The second kappa shape index (κ2) is 2.30. The van der Waals surface area contributed by atoms with Crippen molar-refractivity contribution < 1.29 is 9.59 Å². The number of nitrogens with zero attached hydrogens (tertiary/aromatic N) is 1. The number of rotatable bonds is 0. The van der Waals surface area contributed by atoms with E-state index in [9.17, 15) is 9.59 Å². The summed E-state index contributed by atoms with van der Waals surface area (Å²) < 4.78 is 0. The van der Waals surface area contributed by atoms with Crippen molar-refractivity contribution in [2.24, 2.45) is 0 Å². The second-order valence-electron chi connectivity index (χ2n) is 3.00. The molecule has 0 atom stereocenters. The molecular formula is C9H9NO2. The third-order valence-corrected chi connectivity index (χ3v) is 2.28. The highest BCUT2D eigenvalue weighted by Crippen LogP contribution is 2.27. The van der Waals surface area contributed by atoms with E-state index < -0.39 is 5.91 Å². The Hall–Kier alpha value is -1.38. The average molecular weight is 163 g/mol. The van der Waals surface area contributed by atoms with E-state index in [4.69, 9.17) is 0 Å². The Morgan fingerprint density at radius 1 is 1.42 bits per heavy atom. The topological polar surface area (TPSA) is 37.4 Å². The van der Waals surface area contributed by atoms with Gasteiger partial charge in [0.05, 0.1) is 5.70 Å². The minimum absolute atomic E-state index is 0.322. The molecule has 0 bridgehead atoms. The van der Waals surface area contributed by atoms with Gasteiger partial charge in [-0.25, -0.2) is 0 Å². The van der Waals surface area contributed by atoms with Crippen LogP contribution in [0.1, 0.15) is 12.8 Å². The molecule has 0 radical (unpaired) electrons. The molecule has 0 fully saturated rings. The number of hydrogen-bond acceptors (Lipinski definition) is 2. The number of allylic oxidation sites excluding steroid dienone is 2. The zero-order valence-electron chi connectivity index (χ0n) is 6.83. The molecule has 1 aliphatic heterocycles. The largest absolute Gasteiger partial charge is 0.308 e. The van der Waals surface area contributed by atoms with Gasteiger partial charge in [0.1, 0.15) is 0 Å². The minimum Gasteiger partial charge on any atom is -0.308 e. The molecular weight excluding hydrogens is 154 g/mol. The van der Waals surface area contributed by atoms with Crippen molar-refractivity contribution in [2.75, 3.05) is 7.05 Å². The van der Waals surface area contributed by atoms with Crippen molar-refractivity contribution in [1.29, 1.82) is 0 Å². The van der Waals surface area contributed by atoms with Gasteiger partial charge < -0.3 is 4.90 Å². The van der Waals surface area contributed by atoms with Crippen molar-refractivity contribution in [2.45, 2.75) is 12.8 Å². The minimum atomic E-state index is -0.397. The summed E-state index contributed by atoms with van der Waals surface area (Å²) in [7, 11) is 1.64. The van der Waals surface area contributed by atoms with Crippen LogP contribution >= 0.6 is 0 Å². The highest BCUT2D eigenvalue weighted by atomic mass is 16.2. The van der Waals surface area contributed by atoms with Crippen LogP contribution < -0.4 is 0 Å². The van der Waals surface area contributed by atoms with E-state index in [1.165, 1.54) is 4.90 Å². The number of carbonyl (C=O) groups excluding carboxylic acids is 2. The molecule has 0 N–H and O–H groups in total. The van der Waals surface area contributed by atoms with E-state index in [-0.39, 0.29) is 5.78 Å². The number of amides is 1. The Kier molecular flexibility index (Phi) is 1.40. The van der Waals surface area contributed by atoms with Crippen molar-refractivity contribution in [3.63, 3.8) is 0 Å². The smallest absolute Gasteiger partial charge is 0.298 e. The standard InChI is InChI=1S/C9H9NO2/c1-10-7-5-3-2-4-6(7)8(11)9(10)12/h3,5H,2,4H2,1H3.